The molecule has 1 aromatic rings. The predicted molar refractivity (Wildman–Crippen MR) is 78.6 cm³/mol. The number of halogens is 1. The van der Waals surface area contributed by atoms with Gasteiger partial charge in [-0.1, -0.05) is 11.6 Å². The Morgan fingerprint density at radius 1 is 1.22 bits per heavy atom. The summed E-state index contributed by atoms with van der Waals surface area (Å²) >= 11 is 7.75. The normalized spacial score (nSPS) is 25.3. The van der Waals surface area contributed by atoms with Crippen LogP contribution in [-0.4, -0.2) is 42.5 Å². The lowest BCUT2D eigenvalue weighted by Crippen LogP contribution is -2.46. The summed E-state index contributed by atoms with van der Waals surface area (Å²) in [4.78, 5) is 3.77. The molecule has 1 saturated heterocycles. The van der Waals surface area contributed by atoms with E-state index in [0.717, 1.165) is 30.4 Å². The van der Waals surface area contributed by atoms with Crippen LogP contribution >= 0.6 is 23.4 Å². The fourth-order valence-electron chi connectivity index (χ4n) is 2.29. The van der Waals surface area contributed by atoms with Crippen molar-refractivity contribution in [1.29, 1.82) is 0 Å². The number of rotatable bonds is 4. The van der Waals surface area contributed by atoms with E-state index in [9.17, 15) is 0 Å². The highest BCUT2D eigenvalue weighted by atomic mass is 35.5. The van der Waals surface area contributed by atoms with E-state index in [1.807, 2.05) is 23.9 Å². The zero-order chi connectivity index (χ0) is 13.0. The van der Waals surface area contributed by atoms with Crippen LogP contribution in [0, 0.1) is 0 Å². The Morgan fingerprint density at radius 2 is 1.83 bits per heavy atom. The molecule has 0 aromatic heterocycles. The van der Waals surface area contributed by atoms with Gasteiger partial charge < -0.3 is 4.74 Å². The molecule has 0 bridgehead atoms. The Labute approximate surface area is 119 Å². The third-order valence-electron chi connectivity index (χ3n) is 2.99. The minimum atomic E-state index is 0.356. The van der Waals surface area contributed by atoms with Crippen molar-refractivity contribution in [1.82, 2.24) is 4.90 Å². The number of hydrogen-bond acceptors (Lipinski definition) is 3. The molecule has 0 amide bonds. The van der Waals surface area contributed by atoms with Crippen LogP contribution in [-0.2, 0) is 4.74 Å². The van der Waals surface area contributed by atoms with E-state index >= 15 is 0 Å². The fraction of sp³-hybridized carbons (Fsp3) is 0.571. The monoisotopic (exact) mass is 285 g/mol. The van der Waals surface area contributed by atoms with Gasteiger partial charge in [-0.15, -0.1) is 11.8 Å². The van der Waals surface area contributed by atoms with Crippen LogP contribution in [0.15, 0.2) is 29.2 Å². The number of morpholine rings is 1. The molecule has 4 heteroatoms. The van der Waals surface area contributed by atoms with Crippen LogP contribution in [0.2, 0.25) is 5.02 Å². The maximum absolute atomic E-state index is 5.87. The van der Waals surface area contributed by atoms with Crippen LogP contribution in [0.1, 0.15) is 13.8 Å². The molecule has 0 spiro atoms. The van der Waals surface area contributed by atoms with Gasteiger partial charge >= 0.3 is 0 Å². The third-order valence-corrected chi connectivity index (χ3v) is 4.23. The Balaban J connectivity index is 1.73. The lowest BCUT2D eigenvalue weighted by Gasteiger charge is -2.35. The van der Waals surface area contributed by atoms with Gasteiger partial charge in [0.05, 0.1) is 12.2 Å². The highest BCUT2D eigenvalue weighted by Crippen LogP contribution is 2.21. The minimum absolute atomic E-state index is 0.356. The average Bonchev–Trinajstić information content (AvgIpc) is 2.30. The van der Waals surface area contributed by atoms with Gasteiger partial charge in [0, 0.05) is 35.3 Å². The van der Waals surface area contributed by atoms with E-state index in [2.05, 4.69) is 30.9 Å². The summed E-state index contributed by atoms with van der Waals surface area (Å²) in [6, 6.07) is 8.06. The zero-order valence-corrected chi connectivity index (χ0v) is 12.5. The minimum Gasteiger partial charge on any atom is -0.373 e. The third kappa shape index (κ3) is 4.47. The molecule has 1 aliphatic heterocycles. The van der Waals surface area contributed by atoms with Crippen molar-refractivity contribution in [2.24, 2.45) is 0 Å². The van der Waals surface area contributed by atoms with Crippen LogP contribution in [0.5, 0.6) is 0 Å². The molecule has 0 unspecified atom stereocenters. The number of nitrogens with zero attached hydrogens (tertiary/aromatic N) is 1. The molecule has 0 radical (unpaired) electrons. The van der Waals surface area contributed by atoms with Crippen molar-refractivity contribution in [2.45, 2.75) is 31.0 Å². The van der Waals surface area contributed by atoms with Gasteiger partial charge in [0.2, 0.25) is 0 Å². The van der Waals surface area contributed by atoms with Crippen LogP contribution in [0.3, 0.4) is 0 Å². The lowest BCUT2D eigenvalue weighted by molar-refractivity contribution is -0.0661. The molecule has 0 aliphatic carbocycles. The van der Waals surface area contributed by atoms with Crippen molar-refractivity contribution < 1.29 is 4.74 Å². The van der Waals surface area contributed by atoms with Gasteiger partial charge in [0.15, 0.2) is 0 Å². The number of benzene rings is 1. The molecule has 1 heterocycles. The molecular weight excluding hydrogens is 266 g/mol. The van der Waals surface area contributed by atoms with Gasteiger partial charge in [-0.3, -0.25) is 4.90 Å². The second-order valence-corrected chi connectivity index (χ2v) is 6.42. The lowest BCUT2D eigenvalue weighted by atomic mass is 10.2. The quantitative estimate of drug-likeness (QED) is 0.785. The highest BCUT2D eigenvalue weighted by Gasteiger charge is 2.21. The second-order valence-electron chi connectivity index (χ2n) is 4.82. The van der Waals surface area contributed by atoms with E-state index in [1.54, 1.807) is 0 Å². The summed E-state index contributed by atoms with van der Waals surface area (Å²) in [5.74, 6) is 1.11. The molecule has 2 rings (SSSR count). The molecule has 1 aromatic carbocycles. The average molecular weight is 286 g/mol. The molecule has 2 nitrogen and oxygen atoms in total. The fourth-order valence-corrected chi connectivity index (χ4v) is 3.33. The van der Waals surface area contributed by atoms with E-state index in [0.29, 0.717) is 12.2 Å². The standard InChI is InChI=1S/C14H20ClNOS/c1-11-9-16(10-12(2)17-11)7-8-18-14-5-3-13(15)4-6-14/h3-6,11-12H,7-10H2,1-2H3/t11-,12-/m0/s1. The first-order chi connectivity index (χ1) is 8.63. The summed E-state index contributed by atoms with van der Waals surface area (Å²) < 4.78 is 5.73. The van der Waals surface area contributed by atoms with E-state index < -0.39 is 0 Å². The Bertz CT molecular complexity index is 361. The number of thioether (sulfide) groups is 1. The Kier molecular flexibility index (Phi) is 5.37. The maximum Gasteiger partial charge on any atom is 0.0678 e. The Hall–Kier alpha value is -0.220. The van der Waals surface area contributed by atoms with E-state index in [1.165, 1.54) is 4.90 Å². The van der Waals surface area contributed by atoms with Gasteiger partial charge in [0.1, 0.15) is 0 Å². The molecule has 18 heavy (non-hydrogen) atoms. The first-order valence-electron chi connectivity index (χ1n) is 6.39. The van der Waals surface area contributed by atoms with Gasteiger partial charge in [-0.05, 0) is 38.1 Å². The van der Waals surface area contributed by atoms with Crippen molar-refractivity contribution >= 4 is 23.4 Å². The van der Waals surface area contributed by atoms with Crippen LogP contribution < -0.4 is 0 Å². The molecule has 0 N–H and O–H groups in total. The van der Waals surface area contributed by atoms with Crippen molar-refractivity contribution in [2.75, 3.05) is 25.4 Å². The van der Waals surface area contributed by atoms with Gasteiger partial charge in [-0.2, -0.15) is 0 Å². The highest BCUT2D eigenvalue weighted by molar-refractivity contribution is 7.99. The molecular formula is C14H20ClNOS. The SMILES string of the molecule is C[C@H]1CN(CCSc2ccc(Cl)cc2)C[C@H](C)O1. The molecule has 100 valence electrons. The summed E-state index contributed by atoms with van der Waals surface area (Å²) in [5, 5.41) is 0.801. The summed E-state index contributed by atoms with van der Waals surface area (Å²) in [6.07, 6.45) is 0.712. The maximum atomic E-state index is 5.87. The number of hydrogen-bond donors (Lipinski definition) is 0. The largest absolute Gasteiger partial charge is 0.373 e. The summed E-state index contributed by atoms with van der Waals surface area (Å²) in [7, 11) is 0. The zero-order valence-electron chi connectivity index (χ0n) is 10.9. The summed E-state index contributed by atoms with van der Waals surface area (Å²) in [6.45, 7) is 7.51. The predicted octanol–water partition coefficient (Wildman–Crippen LogP) is 3.54. The van der Waals surface area contributed by atoms with Crippen molar-refractivity contribution in [3.8, 4) is 0 Å². The van der Waals surface area contributed by atoms with Crippen LogP contribution in [0.25, 0.3) is 0 Å². The second kappa shape index (κ2) is 6.80. The Morgan fingerprint density at radius 3 is 2.44 bits per heavy atom. The smallest absolute Gasteiger partial charge is 0.0678 e. The van der Waals surface area contributed by atoms with E-state index in [-0.39, 0.29) is 0 Å². The van der Waals surface area contributed by atoms with Crippen molar-refractivity contribution in [3.63, 3.8) is 0 Å². The summed E-state index contributed by atoms with van der Waals surface area (Å²) in [5.41, 5.74) is 0. The van der Waals surface area contributed by atoms with Crippen molar-refractivity contribution in [3.05, 3.63) is 29.3 Å². The first-order valence-corrected chi connectivity index (χ1v) is 7.76. The molecule has 1 aliphatic rings. The van der Waals surface area contributed by atoms with Crippen LogP contribution in [0.4, 0.5) is 0 Å². The molecule has 2 atom stereocenters. The first kappa shape index (κ1) is 14.2. The van der Waals surface area contributed by atoms with E-state index in [4.69, 9.17) is 16.3 Å². The number of ether oxygens (including phenoxy) is 1. The molecule has 0 saturated carbocycles. The van der Waals surface area contributed by atoms with Gasteiger partial charge in [0.25, 0.3) is 0 Å². The van der Waals surface area contributed by atoms with Gasteiger partial charge in [-0.25, -0.2) is 0 Å². The topological polar surface area (TPSA) is 12.5 Å². The molecule has 1 fully saturated rings.